The van der Waals surface area contributed by atoms with Gasteiger partial charge in [-0.2, -0.15) is 0 Å². The number of aliphatic imine (C=N–C) groups is 1. The summed E-state index contributed by atoms with van der Waals surface area (Å²) in [4.78, 5) is 39.4. The molecule has 0 aromatic heterocycles. The highest BCUT2D eigenvalue weighted by atomic mass is 16.5. The van der Waals surface area contributed by atoms with Gasteiger partial charge in [-0.3, -0.25) is 14.4 Å². The van der Waals surface area contributed by atoms with Crippen LogP contribution in [0.3, 0.4) is 0 Å². The number of nitrogens with one attached hydrogen (secondary N) is 2. The van der Waals surface area contributed by atoms with E-state index in [1.807, 2.05) is 41.5 Å². The number of carbonyl (C=O) groups excluding carboxylic acids is 3. The second-order valence-corrected chi connectivity index (χ2v) is 10.1. The second kappa shape index (κ2) is 25.1. The van der Waals surface area contributed by atoms with E-state index in [4.69, 9.17) is 4.74 Å². The molecule has 1 rings (SSSR count). The standard InChI is InChI=1S/C13H24N2O3.C8H13NO2.C6H12.C2H5N.C2H6/c1-8(13(2,3)4)12(18)15-7-9(16)6-10(15)11(17)14-5;1-6(9-8(3)10)5-7(2)11-4;1-4-6(3)5-2;1-3-2;1-2/h8-10,16H,6-7H2,1-5H3,(H,14,17);5H,1H2,2-4H3,(H,9,10);4H,5H2,1-3H3;1H2,2H3;1-2H3/b;7-5-;6-4+;;/t8-,9?,10+;;;;/m1..../s1. The SMILES string of the molecule is C/C=C(\C)CC.C=C(/C=C(/C)OC)NC(C)=O.C=NC.CC.CNC(=O)[C@@H]1CC(O)CN1C(=O)[C@@H](C)C(C)(C)C. The monoisotopic (exact) mass is 568 g/mol. The van der Waals surface area contributed by atoms with Crippen LogP contribution >= 0.6 is 0 Å². The average Bonchev–Trinajstić information content (AvgIpc) is 3.29. The van der Waals surface area contributed by atoms with Crippen LogP contribution in [0.1, 0.15) is 89.0 Å². The molecule has 0 saturated carbocycles. The van der Waals surface area contributed by atoms with Crippen molar-refractivity contribution in [1.29, 1.82) is 0 Å². The molecule has 3 amide bonds. The number of likely N-dealkylation sites (N-methyl/N-ethyl adjacent to an activating group) is 1. The lowest BCUT2D eigenvalue weighted by Crippen LogP contribution is -2.48. The highest BCUT2D eigenvalue weighted by molar-refractivity contribution is 5.89. The number of aliphatic hydroxyl groups is 1. The van der Waals surface area contributed by atoms with Gasteiger partial charge in [0.15, 0.2) is 0 Å². The number of aliphatic hydroxyl groups excluding tert-OH is 1. The van der Waals surface area contributed by atoms with Crippen molar-refractivity contribution in [2.24, 2.45) is 16.3 Å². The van der Waals surface area contributed by atoms with Crippen LogP contribution in [-0.2, 0) is 19.1 Å². The third-order valence-electron chi connectivity index (χ3n) is 5.87. The third-order valence-corrected chi connectivity index (χ3v) is 5.87. The lowest BCUT2D eigenvalue weighted by Gasteiger charge is -2.32. The van der Waals surface area contributed by atoms with Crippen LogP contribution in [0, 0.1) is 11.3 Å². The molecule has 0 aromatic rings. The van der Waals surface area contributed by atoms with Gasteiger partial charge in [-0.1, -0.05) is 66.7 Å². The summed E-state index contributed by atoms with van der Waals surface area (Å²) >= 11 is 0. The topological polar surface area (TPSA) is 120 Å². The van der Waals surface area contributed by atoms with E-state index in [9.17, 15) is 19.5 Å². The number of β-amino-alcohol motifs (C(OH)–C–C–N with tert-alkyl or cyclic N) is 1. The molecule has 9 nitrogen and oxygen atoms in total. The number of hydrogen-bond donors (Lipinski definition) is 3. The van der Waals surface area contributed by atoms with E-state index < -0.39 is 12.1 Å². The van der Waals surface area contributed by atoms with Crippen molar-refractivity contribution in [3.05, 3.63) is 35.8 Å². The molecular weight excluding hydrogens is 508 g/mol. The van der Waals surface area contributed by atoms with E-state index >= 15 is 0 Å². The molecule has 1 heterocycles. The first-order chi connectivity index (χ1) is 18.5. The molecular formula is C31H60N4O5. The zero-order valence-electron chi connectivity index (χ0n) is 27.9. The Hall–Kier alpha value is -2.94. The maximum Gasteiger partial charge on any atom is 0.242 e. The van der Waals surface area contributed by atoms with Crippen molar-refractivity contribution < 1.29 is 24.2 Å². The minimum Gasteiger partial charge on any atom is -0.501 e. The van der Waals surface area contributed by atoms with Crippen molar-refractivity contribution >= 4 is 24.4 Å². The first-order valence-corrected chi connectivity index (χ1v) is 13.8. The summed E-state index contributed by atoms with van der Waals surface area (Å²) < 4.78 is 4.85. The van der Waals surface area contributed by atoms with Gasteiger partial charge in [-0.25, -0.2) is 0 Å². The van der Waals surface area contributed by atoms with E-state index in [1.165, 1.54) is 23.8 Å². The summed E-state index contributed by atoms with van der Waals surface area (Å²) in [7, 11) is 4.75. The quantitative estimate of drug-likeness (QED) is 0.175. The first-order valence-electron chi connectivity index (χ1n) is 13.8. The van der Waals surface area contributed by atoms with E-state index in [2.05, 4.69) is 55.8 Å². The van der Waals surface area contributed by atoms with E-state index in [0.29, 0.717) is 17.9 Å². The molecule has 234 valence electrons. The minimum atomic E-state index is -0.608. The highest BCUT2D eigenvalue weighted by Gasteiger charge is 2.41. The van der Waals surface area contributed by atoms with E-state index in [-0.39, 0.29) is 35.6 Å². The fourth-order valence-electron chi connectivity index (χ4n) is 2.86. The van der Waals surface area contributed by atoms with E-state index in [1.54, 1.807) is 34.2 Å². The Kier molecular flexibility index (Phi) is 27.6. The van der Waals surface area contributed by atoms with Gasteiger partial charge in [0.1, 0.15) is 6.04 Å². The molecule has 0 bridgehead atoms. The minimum absolute atomic E-state index is 0.0624. The molecule has 3 atom stereocenters. The number of allylic oxidation sites excluding steroid dienone is 4. The molecule has 1 fully saturated rings. The Morgan fingerprint density at radius 2 is 1.68 bits per heavy atom. The van der Waals surface area contributed by atoms with Crippen LogP contribution < -0.4 is 10.6 Å². The number of hydrogen-bond acceptors (Lipinski definition) is 6. The predicted octanol–water partition coefficient (Wildman–Crippen LogP) is 5.27. The molecule has 40 heavy (non-hydrogen) atoms. The van der Waals surface area contributed by atoms with Crippen molar-refractivity contribution in [3.63, 3.8) is 0 Å². The molecule has 1 unspecified atom stereocenters. The van der Waals surface area contributed by atoms with Gasteiger partial charge in [-0.05, 0) is 45.4 Å². The summed E-state index contributed by atoms with van der Waals surface area (Å²) in [6.07, 6.45) is 4.70. The van der Waals surface area contributed by atoms with Gasteiger partial charge < -0.3 is 30.4 Å². The van der Waals surface area contributed by atoms with Crippen molar-refractivity contribution in [3.8, 4) is 0 Å². The molecule has 0 aromatic carbocycles. The highest BCUT2D eigenvalue weighted by Crippen LogP contribution is 2.30. The smallest absolute Gasteiger partial charge is 0.242 e. The summed E-state index contributed by atoms with van der Waals surface area (Å²) in [5.41, 5.74) is 1.85. The number of rotatable bonds is 6. The van der Waals surface area contributed by atoms with Crippen LogP contribution in [-0.4, -0.2) is 74.3 Å². The molecule has 9 heteroatoms. The zero-order valence-corrected chi connectivity index (χ0v) is 27.9. The molecule has 3 N–H and O–H groups in total. The van der Waals surface area contributed by atoms with Gasteiger partial charge in [0.05, 0.1) is 19.0 Å². The summed E-state index contributed by atoms with van der Waals surface area (Å²) in [6, 6.07) is -0.540. The molecule has 1 saturated heterocycles. The van der Waals surface area contributed by atoms with Gasteiger partial charge in [0.25, 0.3) is 0 Å². The van der Waals surface area contributed by atoms with Crippen molar-refractivity contribution in [1.82, 2.24) is 15.5 Å². The normalized spacial score (nSPS) is 16.9. The summed E-state index contributed by atoms with van der Waals surface area (Å²) in [5, 5.41) is 14.7. The number of ether oxygens (including phenoxy) is 1. The van der Waals surface area contributed by atoms with Gasteiger partial charge in [0.2, 0.25) is 17.7 Å². The van der Waals surface area contributed by atoms with Crippen LogP contribution in [0.5, 0.6) is 0 Å². The fourth-order valence-corrected chi connectivity index (χ4v) is 2.86. The summed E-state index contributed by atoms with van der Waals surface area (Å²) in [5.74, 6) is 0.127. The second-order valence-electron chi connectivity index (χ2n) is 10.1. The molecule has 0 aliphatic carbocycles. The Labute approximate surface area is 245 Å². The summed E-state index contributed by atoms with van der Waals surface area (Å²) in [6.45, 7) is 28.4. The van der Waals surface area contributed by atoms with Crippen LogP contribution in [0.25, 0.3) is 0 Å². The number of likely N-dealkylation sites (tertiary alicyclic amines) is 1. The Morgan fingerprint density at radius 1 is 1.20 bits per heavy atom. The largest absolute Gasteiger partial charge is 0.501 e. The maximum absolute atomic E-state index is 12.4. The fraction of sp³-hybridized carbons (Fsp3) is 0.677. The number of amides is 3. The zero-order chi connectivity index (χ0) is 32.6. The third kappa shape index (κ3) is 21.9. The van der Waals surface area contributed by atoms with Crippen LogP contribution in [0.15, 0.2) is 40.8 Å². The Morgan fingerprint density at radius 3 is 1.98 bits per heavy atom. The van der Waals surface area contributed by atoms with Gasteiger partial charge >= 0.3 is 0 Å². The number of methoxy groups -OCH3 is 1. The lowest BCUT2D eigenvalue weighted by atomic mass is 9.81. The number of nitrogens with zero attached hydrogens (tertiary/aromatic N) is 2. The van der Waals surface area contributed by atoms with Crippen LogP contribution in [0.2, 0.25) is 0 Å². The Bertz CT molecular complexity index is 813. The van der Waals surface area contributed by atoms with Crippen molar-refractivity contribution in [2.45, 2.75) is 101 Å². The lowest BCUT2D eigenvalue weighted by molar-refractivity contribution is -0.143. The first kappa shape index (κ1) is 44.1. The van der Waals surface area contributed by atoms with Gasteiger partial charge in [-0.15, -0.1) is 0 Å². The van der Waals surface area contributed by atoms with Crippen molar-refractivity contribution in [2.75, 3.05) is 27.7 Å². The Balaban J connectivity index is -0.000000250. The molecule has 0 spiro atoms. The van der Waals surface area contributed by atoms with E-state index in [0.717, 1.165) is 0 Å². The number of carbonyl (C=O) groups is 3. The van der Waals surface area contributed by atoms with Gasteiger partial charge in [0, 0.05) is 45.6 Å². The predicted molar refractivity (Wildman–Crippen MR) is 169 cm³/mol. The molecule has 0 radical (unpaired) electrons. The maximum atomic E-state index is 12.4. The van der Waals surface area contributed by atoms with Crippen LogP contribution in [0.4, 0.5) is 0 Å². The molecule has 1 aliphatic heterocycles. The average molecular weight is 569 g/mol. The molecule has 1 aliphatic rings.